The van der Waals surface area contributed by atoms with Crippen molar-refractivity contribution < 1.29 is 9.59 Å². The van der Waals surface area contributed by atoms with Crippen molar-refractivity contribution in [1.82, 2.24) is 5.32 Å². The Balaban J connectivity index is 2.53. The van der Waals surface area contributed by atoms with Gasteiger partial charge in [-0.2, -0.15) is 5.26 Å². The van der Waals surface area contributed by atoms with Crippen molar-refractivity contribution in [2.24, 2.45) is 0 Å². The van der Waals surface area contributed by atoms with Gasteiger partial charge in [-0.15, -0.1) is 0 Å². The molecule has 0 bridgehead atoms. The number of nitrogens with one attached hydrogen (secondary N) is 1. The average molecular weight is 375 g/mol. The van der Waals surface area contributed by atoms with Crippen LogP contribution >= 0.6 is 23.4 Å². The van der Waals surface area contributed by atoms with Gasteiger partial charge in [-0.3, -0.25) is 9.59 Å². The second-order valence-corrected chi connectivity index (χ2v) is 7.16. The quantitative estimate of drug-likeness (QED) is 0.802. The Kier molecular flexibility index (Phi) is 6.46. The summed E-state index contributed by atoms with van der Waals surface area (Å²) in [4.78, 5) is 23.9. The second kappa shape index (κ2) is 8.37. The predicted octanol–water partition coefficient (Wildman–Crippen LogP) is 4.34. The molecule has 1 aliphatic rings. The Morgan fingerprint density at radius 2 is 1.96 bits per heavy atom. The van der Waals surface area contributed by atoms with E-state index in [0.717, 1.165) is 5.56 Å². The molecule has 0 aliphatic carbocycles. The lowest BCUT2D eigenvalue weighted by Gasteiger charge is -2.29. The first-order chi connectivity index (χ1) is 11.9. The Morgan fingerprint density at radius 1 is 1.32 bits per heavy atom. The number of benzene rings is 1. The maximum absolute atomic E-state index is 12.2. The molecule has 1 aromatic rings. The number of carbonyl (C=O) groups is 2. The van der Waals surface area contributed by atoms with Crippen molar-refractivity contribution in [3.63, 3.8) is 0 Å². The smallest absolute Gasteiger partial charge is 0.158 e. The van der Waals surface area contributed by atoms with Crippen LogP contribution in [0.5, 0.6) is 0 Å². The number of rotatable bonds is 6. The van der Waals surface area contributed by atoms with Crippen molar-refractivity contribution in [2.75, 3.05) is 5.75 Å². The summed E-state index contributed by atoms with van der Waals surface area (Å²) in [6.07, 6.45) is 0.455. The number of dihydropyridines is 1. The number of nitrogens with zero attached hydrogens (tertiary/aromatic N) is 1. The Morgan fingerprint density at radius 3 is 2.48 bits per heavy atom. The summed E-state index contributed by atoms with van der Waals surface area (Å²) in [5, 5.41) is 14.1. The topological polar surface area (TPSA) is 70.0 Å². The number of thioether (sulfide) groups is 1. The molecule has 1 atom stereocenters. The van der Waals surface area contributed by atoms with Gasteiger partial charge in [0.15, 0.2) is 5.78 Å². The fourth-order valence-electron chi connectivity index (χ4n) is 2.74. The van der Waals surface area contributed by atoms with E-state index < -0.39 is 5.92 Å². The van der Waals surface area contributed by atoms with E-state index >= 15 is 0 Å². The molecule has 0 radical (unpaired) electrons. The van der Waals surface area contributed by atoms with Crippen LogP contribution in [0.3, 0.4) is 0 Å². The van der Waals surface area contributed by atoms with Gasteiger partial charge in [-0.05, 0) is 31.5 Å². The van der Waals surface area contributed by atoms with E-state index in [2.05, 4.69) is 11.4 Å². The third-order valence-corrected chi connectivity index (χ3v) is 5.33. The lowest BCUT2D eigenvalue weighted by atomic mass is 9.81. The number of Topliss-reactive ketones (excluding diaryl/α,β-unsaturated/α-hetero) is 2. The van der Waals surface area contributed by atoms with Crippen molar-refractivity contribution in [2.45, 2.75) is 33.1 Å². The summed E-state index contributed by atoms with van der Waals surface area (Å²) in [7, 11) is 0. The first-order valence-corrected chi connectivity index (χ1v) is 9.28. The Bertz CT molecular complexity index is 804. The average Bonchev–Trinajstić information content (AvgIpc) is 2.59. The second-order valence-electron chi connectivity index (χ2n) is 5.74. The molecule has 1 aliphatic heterocycles. The maximum Gasteiger partial charge on any atom is 0.158 e. The Hall–Kier alpha value is -2.03. The third kappa shape index (κ3) is 4.33. The van der Waals surface area contributed by atoms with Crippen LogP contribution in [-0.2, 0) is 9.59 Å². The summed E-state index contributed by atoms with van der Waals surface area (Å²) < 4.78 is 0. The molecule has 130 valence electrons. The van der Waals surface area contributed by atoms with Gasteiger partial charge in [0, 0.05) is 22.7 Å². The lowest BCUT2D eigenvalue weighted by molar-refractivity contribution is -0.116. The van der Waals surface area contributed by atoms with Gasteiger partial charge in [0.05, 0.1) is 28.3 Å². The van der Waals surface area contributed by atoms with Gasteiger partial charge >= 0.3 is 0 Å². The lowest BCUT2D eigenvalue weighted by Crippen LogP contribution is -2.27. The van der Waals surface area contributed by atoms with E-state index in [1.807, 2.05) is 26.0 Å². The zero-order valence-electron chi connectivity index (χ0n) is 14.4. The van der Waals surface area contributed by atoms with E-state index in [9.17, 15) is 14.9 Å². The molecule has 0 saturated carbocycles. The van der Waals surface area contributed by atoms with Crippen LogP contribution < -0.4 is 5.32 Å². The molecular weight excluding hydrogens is 356 g/mol. The highest BCUT2D eigenvalue weighted by molar-refractivity contribution is 8.03. The highest BCUT2D eigenvalue weighted by Gasteiger charge is 2.33. The van der Waals surface area contributed by atoms with Crippen LogP contribution in [-0.4, -0.2) is 17.3 Å². The highest BCUT2D eigenvalue weighted by atomic mass is 35.5. The van der Waals surface area contributed by atoms with Gasteiger partial charge in [0.1, 0.15) is 5.78 Å². The van der Waals surface area contributed by atoms with Gasteiger partial charge in [-0.25, -0.2) is 0 Å². The van der Waals surface area contributed by atoms with E-state index in [1.165, 1.54) is 18.7 Å². The van der Waals surface area contributed by atoms with Gasteiger partial charge < -0.3 is 5.32 Å². The molecule has 0 amide bonds. The van der Waals surface area contributed by atoms with Crippen molar-refractivity contribution in [3.8, 4) is 6.07 Å². The van der Waals surface area contributed by atoms with E-state index in [-0.39, 0.29) is 11.6 Å². The minimum absolute atomic E-state index is 0.0913. The normalized spacial score (nSPS) is 17.2. The molecular formula is C19H19ClN2O2S. The number of carbonyl (C=O) groups excluding carboxylic acids is 2. The van der Waals surface area contributed by atoms with Crippen LogP contribution in [0.15, 0.2) is 46.1 Å². The third-order valence-electron chi connectivity index (χ3n) is 4.00. The predicted molar refractivity (Wildman–Crippen MR) is 101 cm³/mol. The van der Waals surface area contributed by atoms with Crippen LogP contribution in [0.1, 0.15) is 38.7 Å². The maximum atomic E-state index is 12.2. The largest absolute Gasteiger partial charge is 0.353 e. The molecule has 4 nitrogen and oxygen atoms in total. The van der Waals surface area contributed by atoms with Crippen LogP contribution in [0.2, 0.25) is 5.02 Å². The summed E-state index contributed by atoms with van der Waals surface area (Å²) >= 11 is 7.27. The SMILES string of the molecule is CCC(=O)CSC1=C(C#N)[C@@H](c2ccc(Cl)cc2)C(C(C)=O)=C(C)N1. The van der Waals surface area contributed by atoms with Crippen LogP contribution in [0, 0.1) is 11.3 Å². The first-order valence-electron chi connectivity index (χ1n) is 7.92. The van der Waals surface area contributed by atoms with E-state index in [1.54, 1.807) is 12.1 Å². The molecule has 0 aromatic heterocycles. The number of hydrogen-bond donors (Lipinski definition) is 1. The van der Waals surface area contributed by atoms with Crippen molar-refractivity contribution in [3.05, 3.63) is 56.7 Å². The first kappa shape index (κ1) is 19.3. The molecule has 0 fully saturated rings. The molecule has 0 spiro atoms. The monoisotopic (exact) mass is 374 g/mol. The number of hydrogen-bond acceptors (Lipinski definition) is 5. The fourth-order valence-corrected chi connectivity index (χ4v) is 3.92. The summed E-state index contributed by atoms with van der Waals surface area (Å²) in [6.45, 7) is 5.12. The number of allylic oxidation sites excluding steroid dienone is 3. The zero-order chi connectivity index (χ0) is 18.6. The standard InChI is InChI=1S/C19H19ClN2O2S/c1-4-15(24)10-25-19-16(9-21)18(13-5-7-14(20)8-6-13)17(12(3)23)11(2)22-19/h5-8,18,22H,4,10H2,1-3H3/t18-/m1/s1. The van der Waals surface area contributed by atoms with E-state index in [0.29, 0.717) is 39.1 Å². The minimum atomic E-state index is -0.458. The van der Waals surface area contributed by atoms with Crippen molar-refractivity contribution >= 4 is 34.9 Å². The summed E-state index contributed by atoms with van der Waals surface area (Å²) in [5.74, 6) is -0.148. The van der Waals surface area contributed by atoms with Crippen LogP contribution in [0.4, 0.5) is 0 Å². The van der Waals surface area contributed by atoms with Crippen molar-refractivity contribution in [1.29, 1.82) is 5.26 Å². The molecule has 0 unspecified atom stereocenters. The Labute approximate surface area is 156 Å². The molecule has 1 aromatic carbocycles. The van der Waals surface area contributed by atoms with Gasteiger partial charge in [0.25, 0.3) is 0 Å². The van der Waals surface area contributed by atoms with Crippen LogP contribution in [0.25, 0.3) is 0 Å². The number of nitriles is 1. The fraction of sp³-hybridized carbons (Fsp3) is 0.316. The summed E-state index contributed by atoms with van der Waals surface area (Å²) in [5.41, 5.74) is 2.54. The molecule has 25 heavy (non-hydrogen) atoms. The zero-order valence-corrected chi connectivity index (χ0v) is 15.9. The molecule has 6 heteroatoms. The molecule has 0 saturated heterocycles. The highest BCUT2D eigenvalue weighted by Crippen LogP contribution is 2.41. The molecule has 1 heterocycles. The van der Waals surface area contributed by atoms with Gasteiger partial charge in [0.2, 0.25) is 0 Å². The van der Waals surface area contributed by atoms with Gasteiger partial charge in [-0.1, -0.05) is 42.4 Å². The molecule has 1 N–H and O–H groups in total. The minimum Gasteiger partial charge on any atom is -0.353 e. The van der Waals surface area contributed by atoms with E-state index in [4.69, 9.17) is 11.6 Å². The summed E-state index contributed by atoms with van der Waals surface area (Å²) in [6, 6.07) is 9.37. The number of halogens is 1. The molecule has 2 rings (SSSR count). The number of ketones is 2.